The van der Waals surface area contributed by atoms with Crippen LogP contribution in [0.2, 0.25) is 0 Å². The number of rotatable bonds is 6. The van der Waals surface area contributed by atoms with Crippen LogP contribution >= 0.6 is 0 Å². The Kier molecular flexibility index (Phi) is 6.05. The second-order valence-corrected chi connectivity index (χ2v) is 8.25. The molecule has 0 saturated carbocycles. The summed E-state index contributed by atoms with van der Waals surface area (Å²) >= 11 is 0. The van der Waals surface area contributed by atoms with E-state index < -0.39 is 5.97 Å². The Morgan fingerprint density at radius 2 is 1.91 bits per heavy atom. The number of carbonyl (C=O) groups excluding carboxylic acids is 2. The highest BCUT2D eigenvalue weighted by molar-refractivity contribution is 5.97. The average Bonchev–Trinajstić information content (AvgIpc) is 3.26. The fraction of sp³-hybridized carbons (Fsp3) is 0.231. The van der Waals surface area contributed by atoms with Crippen molar-refractivity contribution in [1.29, 1.82) is 0 Å². The van der Waals surface area contributed by atoms with Crippen LogP contribution < -0.4 is 10.3 Å². The standard InChI is InChI=1S/C26H24N4O5/c1-34-26(33)17-7-8-21-19(15-17)20-16-29(12-11-22(20)27-21)25(32)23-9-10-24(31)30(28-23)13-14-35-18-5-3-2-4-6-18/h2-10,15,27H,11-14,16H2,1H3. The maximum atomic E-state index is 13.3. The number of amides is 1. The SMILES string of the molecule is COC(=O)c1ccc2[nH]c3c(c2c1)CN(C(=O)c1ccc(=O)n(CCOc2ccccc2)n1)CC3. The molecule has 5 rings (SSSR count). The van der Waals surface area contributed by atoms with Crippen LogP contribution in [-0.4, -0.2) is 51.8 Å². The Labute approximate surface area is 200 Å². The molecule has 1 aliphatic heterocycles. The van der Waals surface area contributed by atoms with Gasteiger partial charge < -0.3 is 19.4 Å². The van der Waals surface area contributed by atoms with Crippen LogP contribution in [0.25, 0.3) is 10.9 Å². The molecule has 0 spiro atoms. The number of hydrogen-bond donors (Lipinski definition) is 1. The molecule has 178 valence electrons. The highest BCUT2D eigenvalue weighted by atomic mass is 16.5. The largest absolute Gasteiger partial charge is 0.492 e. The number of aromatic amines is 1. The summed E-state index contributed by atoms with van der Waals surface area (Å²) < 4.78 is 11.7. The van der Waals surface area contributed by atoms with E-state index in [0.717, 1.165) is 22.2 Å². The first-order chi connectivity index (χ1) is 17.0. The average molecular weight is 473 g/mol. The number of benzene rings is 2. The minimum absolute atomic E-state index is 0.197. The van der Waals surface area contributed by atoms with Crippen molar-refractivity contribution >= 4 is 22.8 Å². The van der Waals surface area contributed by atoms with Gasteiger partial charge in [0.2, 0.25) is 0 Å². The molecule has 0 aliphatic carbocycles. The summed E-state index contributed by atoms with van der Waals surface area (Å²) in [7, 11) is 1.35. The number of aromatic nitrogens is 3. The predicted molar refractivity (Wildman–Crippen MR) is 129 cm³/mol. The number of para-hydroxylation sites is 1. The summed E-state index contributed by atoms with van der Waals surface area (Å²) in [5.74, 6) is 0.0335. The van der Waals surface area contributed by atoms with Gasteiger partial charge in [-0.3, -0.25) is 9.59 Å². The Morgan fingerprint density at radius 1 is 1.09 bits per heavy atom. The number of hydrogen-bond acceptors (Lipinski definition) is 6. The Balaban J connectivity index is 1.33. The van der Waals surface area contributed by atoms with Gasteiger partial charge >= 0.3 is 5.97 Å². The van der Waals surface area contributed by atoms with Gasteiger partial charge in [-0.1, -0.05) is 18.2 Å². The van der Waals surface area contributed by atoms with Gasteiger partial charge in [-0.2, -0.15) is 5.10 Å². The number of fused-ring (bicyclic) bond motifs is 3. The van der Waals surface area contributed by atoms with E-state index in [4.69, 9.17) is 9.47 Å². The molecule has 0 atom stereocenters. The summed E-state index contributed by atoms with van der Waals surface area (Å²) in [5, 5.41) is 5.18. The Hall–Kier alpha value is -4.40. The van der Waals surface area contributed by atoms with Gasteiger partial charge in [-0.05, 0) is 36.4 Å². The van der Waals surface area contributed by atoms with Gasteiger partial charge in [0, 0.05) is 47.7 Å². The van der Waals surface area contributed by atoms with Gasteiger partial charge in [0.1, 0.15) is 18.1 Å². The fourth-order valence-corrected chi connectivity index (χ4v) is 4.28. The third-order valence-corrected chi connectivity index (χ3v) is 6.08. The summed E-state index contributed by atoms with van der Waals surface area (Å²) in [6, 6.07) is 17.5. The van der Waals surface area contributed by atoms with Gasteiger partial charge in [0.25, 0.3) is 11.5 Å². The van der Waals surface area contributed by atoms with Crippen LogP contribution in [0.1, 0.15) is 32.1 Å². The van der Waals surface area contributed by atoms with Crippen molar-refractivity contribution in [2.75, 3.05) is 20.3 Å². The molecule has 35 heavy (non-hydrogen) atoms. The molecule has 0 saturated heterocycles. The summed E-state index contributed by atoms with van der Waals surface area (Å²) in [5.41, 5.74) is 3.27. The maximum Gasteiger partial charge on any atom is 0.337 e. The lowest BCUT2D eigenvalue weighted by Gasteiger charge is -2.27. The molecular formula is C26H24N4O5. The third kappa shape index (κ3) is 4.52. The second kappa shape index (κ2) is 9.46. The summed E-state index contributed by atoms with van der Waals surface area (Å²) in [6.07, 6.45) is 0.647. The fourth-order valence-electron chi connectivity index (χ4n) is 4.28. The normalized spacial score (nSPS) is 12.9. The van der Waals surface area contributed by atoms with Gasteiger partial charge in [-0.15, -0.1) is 0 Å². The summed E-state index contributed by atoms with van der Waals surface area (Å²) in [4.78, 5) is 42.6. The number of carbonyl (C=O) groups is 2. The van der Waals surface area contributed by atoms with Crippen molar-refractivity contribution in [2.24, 2.45) is 0 Å². The van der Waals surface area contributed by atoms with E-state index >= 15 is 0 Å². The zero-order valence-electron chi connectivity index (χ0n) is 19.2. The van der Waals surface area contributed by atoms with E-state index in [-0.39, 0.29) is 30.3 Å². The number of esters is 1. The van der Waals surface area contributed by atoms with Crippen molar-refractivity contribution in [3.05, 3.63) is 93.5 Å². The topological polar surface area (TPSA) is 107 Å². The van der Waals surface area contributed by atoms with E-state index in [0.29, 0.717) is 30.8 Å². The van der Waals surface area contributed by atoms with Gasteiger partial charge in [0.05, 0.1) is 19.2 Å². The molecular weight excluding hydrogens is 448 g/mol. The minimum Gasteiger partial charge on any atom is -0.492 e. The van der Waals surface area contributed by atoms with Crippen LogP contribution in [0.3, 0.4) is 0 Å². The third-order valence-electron chi connectivity index (χ3n) is 6.08. The lowest BCUT2D eigenvalue weighted by atomic mass is 10.0. The highest BCUT2D eigenvalue weighted by Crippen LogP contribution is 2.29. The number of H-pyrrole nitrogens is 1. The van der Waals surface area contributed by atoms with E-state index in [1.54, 1.807) is 17.0 Å². The lowest BCUT2D eigenvalue weighted by Crippen LogP contribution is -2.37. The Morgan fingerprint density at radius 3 is 2.71 bits per heavy atom. The van der Waals surface area contributed by atoms with E-state index in [9.17, 15) is 14.4 Å². The van der Waals surface area contributed by atoms with E-state index in [1.807, 2.05) is 36.4 Å². The van der Waals surface area contributed by atoms with Crippen LogP contribution in [0, 0.1) is 0 Å². The molecule has 2 aromatic carbocycles. The van der Waals surface area contributed by atoms with Crippen molar-refractivity contribution in [3.8, 4) is 5.75 Å². The number of nitrogens with one attached hydrogen (secondary N) is 1. The molecule has 1 amide bonds. The van der Waals surface area contributed by atoms with Gasteiger partial charge in [0.15, 0.2) is 0 Å². The molecule has 3 heterocycles. The first kappa shape index (κ1) is 22.4. The molecule has 2 aromatic heterocycles. The maximum absolute atomic E-state index is 13.3. The quantitative estimate of drug-likeness (QED) is 0.433. The van der Waals surface area contributed by atoms with Crippen LogP contribution in [0.4, 0.5) is 0 Å². The molecule has 0 bridgehead atoms. The molecule has 9 heteroatoms. The first-order valence-electron chi connectivity index (χ1n) is 11.3. The molecule has 0 radical (unpaired) electrons. The first-order valence-corrected chi connectivity index (χ1v) is 11.3. The van der Waals surface area contributed by atoms with Crippen molar-refractivity contribution in [3.63, 3.8) is 0 Å². The Bertz CT molecular complexity index is 1460. The summed E-state index contributed by atoms with van der Waals surface area (Å²) in [6.45, 7) is 1.36. The lowest BCUT2D eigenvalue weighted by molar-refractivity contribution is 0.0600. The molecule has 1 aliphatic rings. The van der Waals surface area contributed by atoms with Crippen LogP contribution in [0.15, 0.2) is 65.5 Å². The molecule has 0 unspecified atom stereocenters. The van der Waals surface area contributed by atoms with Crippen molar-refractivity contribution < 1.29 is 19.1 Å². The monoisotopic (exact) mass is 472 g/mol. The smallest absolute Gasteiger partial charge is 0.337 e. The molecule has 9 nitrogen and oxygen atoms in total. The molecule has 4 aromatic rings. The van der Waals surface area contributed by atoms with E-state index in [2.05, 4.69) is 10.1 Å². The highest BCUT2D eigenvalue weighted by Gasteiger charge is 2.26. The zero-order valence-corrected chi connectivity index (χ0v) is 19.2. The number of nitrogens with zero attached hydrogens (tertiary/aromatic N) is 3. The van der Waals surface area contributed by atoms with E-state index in [1.165, 1.54) is 23.9 Å². The van der Waals surface area contributed by atoms with Crippen molar-refractivity contribution in [2.45, 2.75) is 19.5 Å². The number of methoxy groups -OCH3 is 1. The van der Waals surface area contributed by atoms with Crippen molar-refractivity contribution in [1.82, 2.24) is 19.7 Å². The zero-order chi connectivity index (χ0) is 24.4. The predicted octanol–water partition coefficient (Wildman–Crippen LogP) is 2.79. The number of ether oxygens (including phenoxy) is 2. The van der Waals surface area contributed by atoms with Crippen LogP contribution in [0.5, 0.6) is 5.75 Å². The second-order valence-electron chi connectivity index (χ2n) is 8.25. The van der Waals surface area contributed by atoms with Crippen LogP contribution in [-0.2, 0) is 24.2 Å². The van der Waals surface area contributed by atoms with Gasteiger partial charge in [-0.25, -0.2) is 9.48 Å². The molecule has 1 N–H and O–H groups in total. The minimum atomic E-state index is -0.409. The molecule has 0 fully saturated rings.